The number of aliphatic hydroxyl groups is 1. The van der Waals surface area contributed by atoms with Gasteiger partial charge in [-0.2, -0.15) is 4.31 Å². The van der Waals surface area contributed by atoms with Gasteiger partial charge in [-0.1, -0.05) is 12.1 Å². The average molecular weight is 521 g/mol. The molecule has 196 valence electrons. The van der Waals surface area contributed by atoms with Crippen molar-refractivity contribution in [1.82, 2.24) is 23.8 Å². The van der Waals surface area contributed by atoms with Gasteiger partial charge in [-0.15, -0.1) is 0 Å². The first-order valence-electron chi connectivity index (χ1n) is 11.4. The highest BCUT2D eigenvalue weighted by Crippen LogP contribution is 2.21. The molecule has 0 aliphatic rings. The number of imidazole rings is 1. The molecule has 0 aliphatic heterocycles. The van der Waals surface area contributed by atoms with Crippen LogP contribution >= 0.6 is 0 Å². The molecule has 0 spiro atoms. The molecule has 0 bridgehead atoms. The summed E-state index contributed by atoms with van der Waals surface area (Å²) in [6.07, 6.45) is 0.824. The van der Waals surface area contributed by atoms with Crippen LogP contribution in [-0.4, -0.2) is 69.1 Å². The Balaban J connectivity index is 1.77. The number of ether oxygens (including phenoxy) is 1. The number of benzene rings is 1. The number of aromatic nitrogens is 4. The number of sulfonamides is 1. The van der Waals surface area contributed by atoms with Crippen LogP contribution < -0.4 is 11.4 Å². The lowest BCUT2D eigenvalue weighted by molar-refractivity contribution is -0.139. The smallest absolute Gasteiger partial charge is 0.327 e. The summed E-state index contributed by atoms with van der Waals surface area (Å²) in [5, 5.41) is 10.4. The van der Waals surface area contributed by atoms with Crippen LogP contribution in [0.25, 0.3) is 11.2 Å². The molecule has 13 heteroatoms. The van der Waals surface area contributed by atoms with Gasteiger partial charge in [0.1, 0.15) is 11.3 Å². The average Bonchev–Trinajstić information content (AvgIpc) is 3.10. The zero-order valence-corrected chi connectivity index (χ0v) is 21.6. The molecule has 2 aromatic heterocycles. The van der Waals surface area contributed by atoms with Crippen molar-refractivity contribution in [2.75, 3.05) is 25.9 Å². The van der Waals surface area contributed by atoms with Crippen molar-refractivity contribution in [2.24, 2.45) is 0 Å². The Morgan fingerprint density at radius 3 is 2.67 bits per heavy atom. The van der Waals surface area contributed by atoms with Crippen LogP contribution in [0.4, 0.5) is 5.82 Å². The summed E-state index contributed by atoms with van der Waals surface area (Å²) in [7, 11) is -2.71. The van der Waals surface area contributed by atoms with Crippen LogP contribution in [0.15, 0.2) is 34.0 Å². The largest absolute Gasteiger partial charge is 0.469 e. The standard InChI is InChI=1S/C23H32N6O6S/c1-15-25-20(24)19-21(26-15)29(22(31)27-19)11-6-5-10-28(14-23(2,3)32)36(33,34)17-9-7-8-16(12-17)13-18(30)35-4/h7-9,12,32H,5-6,10-11,13-14H2,1-4H3,(H,27,31)(H2,24,25,26). The van der Waals surface area contributed by atoms with Gasteiger partial charge in [0.05, 0.1) is 24.0 Å². The van der Waals surface area contributed by atoms with Gasteiger partial charge in [0.15, 0.2) is 11.5 Å². The monoisotopic (exact) mass is 520 g/mol. The summed E-state index contributed by atoms with van der Waals surface area (Å²) >= 11 is 0. The predicted molar refractivity (Wildman–Crippen MR) is 134 cm³/mol. The van der Waals surface area contributed by atoms with E-state index in [1.54, 1.807) is 19.1 Å². The second-order valence-electron chi connectivity index (χ2n) is 9.19. The molecule has 0 fully saturated rings. The van der Waals surface area contributed by atoms with E-state index in [1.807, 2.05) is 0 Å². The number of unbranched alkanes of at least 4 members (excludes halogenated alkanes) is 1. The molecule has 0 radical (unpaired) electrons. The van der Waals surface area contributed by atoms with E-state index in [-0.39, 0.29) is 35.9 Å². The van der Waals surface area contributed by atoms with Crippen molar-refractivity contribution in [3.63, 3.8) is 0 Å². The van der Waals surface area contributed by atoms with E-state index in [2.05, 4.69) is 19.7 Å². The lowest BCUT2D eigenvalue weighted by atomic mass is 10.1. The van der Waals surface area contributed by atoms with Gasteiger partial charge in [-0.3, -0.25) is 9.36 Å². The van der Waals surface area contributed by atoms with Crippen molar-refractivity contribution >= 4 is 33.0 Å². The lowest BCUT2D eigenvalue weighted by Crippen LogP contribution is -2.42. The third-order valence-corrected chi connectivity index (χ3v) is 7.32. The highest BCUT2D eigenvalue weighted by Gasteiger charge is 2.29. The minimum absolute atomic E-state index is 0.0173. The molecular formula is C23H32N6O6S. The van der Waals surface area contributed by atoms with Gasteiger partial charge in [0, 0.05) is 19.6 Å². The summed E-state index contributed by atoms with van der Waals surface area (Å²) in [5.74, 6) is 0.141. The molecule has 4 N–H and O–H groups in total. The number of aryl methyl sites for hydroxylation is 2. The van der Waals surface area contributed by atoms with E-state index in [0.29, 0.717) is 41.9 Å². The minimum atomic E-state index is -3.98. The Morgan fingerprint density at radius 2 is 2.00 bits per heavy atom. The number of methoxy groups -OCH3 is 1. The topological polar surface area (TPSA) is 173 Å². The third kappa shape index (κ3) is 6.47. The highest BCUT2D eigenvalue weighted by molar-refractivity contribution is 7.89. The maximum Gasteiger partial charge on any atom is 0.327 e. The van der Waals surface area contributed by atoms with Gasteiger partial charge >= 0.3 is 11.7 Å². The van der Waals surface area contributed by atoms with Gasteiger partial charge < -0.3 is 20.6 Å². The maximum atomic E-state index is 13.5. The van der Waals surface area contributed by atoms with Crippen LogP contribution in [0.1, 0.15) is 38.1 Å². The number of carbonyl (C=O) groups is 1. The van der Waals surface area contributed by atoms with Crippen molar-refractivity contribution in [3.05, 3.63) is 46.1 Å². The molecular weight excluding hydrogens is 488 g/mol. The van der Waals surface area contributed by atoms with Gasteiger partial charge in [0.2, 0.25) is 10.0 Å². The molecule has 0 amide bonds. The Kier molecular flexibility index (Phi) is 8.16. The van der Waals surface area contributed by atoms with E-state index in [0.717, 1.165) is 0 Å². The second kappa shape index (κ2) is 10.8. The van der Waals surface area contributed by atoms with E-state index >= 15 is 0 Å². The normalized spacial score (nSPS) is 12.4. The van der Waals surface area contributed by atoms with Crippen LogP contribution in [0.3, 0.4) is 0 Å². The van der Waals surface area contributed by atoms with Crippen LogP contribution in [-0.2, 0) is 32.5 Å². The Labute approximate surface area is 209 Å². The van der Waals surface area contributed by atoms with E-state index in [1.165, 1.54) is 42.0 Å². The second-order valence-corrected chi connectivity index (χ2v) is 11.1. The predicted octanol–water partition coefficient (Wildman–Crippen LogP) is 0.968. The number of nitrogen functional groups attached to an aromatic ring is 1. The molecule has 0 saturated heterocycles. The number of rotatable bonds is 11. The van der Waals surface area contributed by atoms with Crippen LogP contribution in [0.5, 0.6) is 0 Å². The number of hydrogen-bond donors (Lipinski definition) is 3. The molecule has 12 nitrogen and oxygen atoms in total. The van der Waals surface area contributed by atoms with Gasteiger partial charge in [-0.25, -0.2) is 23.2 Å². The summed E-state index contributed by atoms with van der Waals surface area (Å²) in [6.45, 7) is 5.01. The first-order valence-corrected chi connectivity index (χ1v) is 12.9. The maximum absolute atomic E-state index is 13.5. The Morgan fingerprint density at radius 1 is 1.28 bits per heavy atom. The first-order chi connectivity index (χ1) is 16.8. The molecule has 0 unspecified atom stereocenters. The molecule has 36 heavy (non-hydrogen) atoms. The van der Waals surface area contributed by atoms with Crippen molar-refractivity contribution in [2.45, 2.75) is 57.1 Å². The van der Waals surface area contributed by atoms with Crippen LogP contribution in [0, 0.1) is 6.92 Å². The summed E-state index contributed by atoms with van der Waals surface area (Å²) in [4.78, 5) is 35.1. The molecule has 0 saturated carbocycles. The number of H-pyrrole nitrogens is 1. The molecule has 3 aromatic rings. The first kappa shape index (κ1) is 27.3. The number of esters is 1. The number of fused-ring (bicyclic) bond motifs is 1. The summed E-state index contributed by atoms with van der Waals surface area (Å²) in [6, 6.07) is 6.09. The summed E-state index contributed by atoms with van der Waals surface area (Å²) in [5.41, 5.74) is 5.49. The number of anilines is 1. The molecule has 0 aliphatic carbocycles. The van der Waals surface area contributed by atoms with Crippen molar-refractivity contribution in [1.29, 1.82) is 0 Å². The Hall–Kier alpha value is -3.29. The van der Waals surface area contributed by atoms with Crippen LogP contribution in [0.2, 0.25) is 0 Å². The fourth-order valence-corrected chi connectivity index (χ4v) is 5.55. The zero-order chi connectivity index (χ0) is 26.7. The van der Waals surface area contributed by atoms with E-state index in [9.17, 15) is 23.1 Å². The minimum Gasteiger partial charge on any atom is -0.469 e. The highest BCUT2D eigenvalue weighted by atomic mass is 32.2. The number of nitrogens with two attached hydrogens (primary N) is 1. The lowest BCUT2D eigenvalue weighted by Gasteiger charge is -2.28. The number of aromatic amines is 1. The number of nitrogens with zero attached hydrogens (tertiary/aromatic N) is 4. The Bertz CT molecular complexity index is 1410. The molecule has 0 atom stereocenters. The van der Waals surface area contributed by atoms with Crippen molar-refractivity contribution < 1.29 is 23.1 Å². The van der Waals surface area contributed by atoms with E-state index in [4.69, 9.17) is 5.73 Å². The molecule has 1 aromatic carbocycles. The van der Waals surface area contributed by atoms with Gasteiger partial charge in [0.25, 0.3) is 0 Å². The van der Waals surface area contributed by atoms with Gasteiger partial charge in [-0.05, 0) is 51.3 Å². The number of carbonyl (C=O) groups excluding carboxylic acids is 1. The third-order valence-electron chi connectivity index (χ3n) is 5.48. The molecule has 2 heterocycles. The zero-order valence-electron chi connectivity index (χ0n) is 20.8. The van der Waals surface area contributed by atoms with Crippen molar-refractivity contribution in [3.8, 4) is 0 Å². The SMILES string of the molecule is COC(=O)Cc1cccc(S(=O)(=O)N(CCCCn2c(=O)[nH]c3c(N)nc(C)nc32)CC(C)(C)O)c1. The fourth-order valence-electron chi connectivity index (χ4n) is 3.85. The van der Waals surface area contributed by atoms with E-state index < -0.39 is 21.6 Å². The quantitative estimate of drug-likeness (QED) is 0.246. The number of nitrogens with one attached hydrogen (secondary N) is 1. The molecule has 3 rings (SSSR count). The number of hydrogen-bond acceptors (Lipinski definition) is 9. The summed E-state index contributed by atoms with van der Waals surface area (Å²) < 4.78 is 34.2. The fraction of sp³-hybridized carbons (Fsp3) is 0.478.